The molecule has 1 aromatic heterocycles. The number of aromatic nitrogens is 2. The van der Waals surface area contributed by atoms with Crippen LogP contribution in [0.1, 0.15) is 21.5 Å². The van der Waals surface area contributed by atoms with Gasteiger partial charge in [0.1, 0.15) is 6.07 Å². The van der Waals surface area contributed by atoms with E-state index in [9.17, 15) is 4.79 Å². The molecule has 1 heterocycles. The Morgan fingerprint density at radius 1 is 1.35 bits per heavy atom. The van der Waals surface area contributed by atoms with Crippen molar-refractivity contribution in [3.8, 4) is 6.07 Å². The molecule has 6 nitrogen and oxygen atoms in total. The number of hydrogen-bond donors (Lipinski definition) is 2. The number of rotatable bonds is 5. The molecule has 20 heavy (non-hydrogen) atoms. The minimum atomic E-state index is -0.946. The minimum absolute atomic E-state index is 0.286. The number of nitrogens with one attached hydrogen (secondary N) is 1. The smallest absolute Gasteiger partial charge is 0.335 e. The fraction of sp³-hybridized carbons (Fsp3) is 0.143. The van der Waals surface area contributed by atoms with Crippen LogP contribution >= 0.6 is 0 Å². The van der Waals surface area contributed by atoms with Crippen LogP contribution in [0.25, 0.3) is 0 Å². The maximum absolute atomic E-state index is 11.1. The van der Waals surface area contributed by atoms with E-state index in [2.05, 4.69) is 15.5 Å². The Hall–Kier alpha value is -2.94. The Labute approximate surface area is 115 Å². The van der Waals surface area contributed by atoms with Crippen LogP contribution in [0.15, 0.2) is 36.5 Å². The van der Waals surface area contributed by atoms with Gasteiger partial charge >= 0.3 is 5.97 Å². The van der Waals surface area contributed by atoms with Gasteiger partial charge in [-0.15, -0.1) is 5.10 Å². The van der Waals surface area contributed by atoms with Crippen LogP contribution in [-0.4, -0.2) is 27.8 Å². The number of nitriles is 1. The number of benzene rings is 1. The Morgan fingerprint density at radius 2 is 2.15 bits per heavy atom. The summed E-state index contributed by atoms with van der Waals surface area (Å²) < 4.78 is 0. The van der Waals surface area contributed by atoms with Gasteiger partial charge in [0.25, 0.3) is 0 Å². The maximum atomic E-state index is 11.1. The molecule has 0 aliphatic rings. The van der Waals surface area contributed by atoms with Crippen molar-refractivity contribution in [1.29, 1.82) is 5.26 Å². The molecule has 0 aliphatic carbocycles. The van der Waals surface area contributed by atoms with Crippen molar-refractivity contribution in [1.82, 2.24) is 10.2 Å². The van der Waals surface area contributed by atoms with Gasteiger partial charge < -0.3 is 10.4 Å². The van der Waals surface area contributed by atoms with E-state index in [0.717, 1.165) is 5.56 Å². The first-order valence-electron chi connectivity index (χ1n) is 5.99. The van der Waals surface area contributed by atoms with E-state index in [1.807, 2.05) is 6.07 Å². The van der Waals surface area contributed by atoms with E-state index in [1.165, 1.54) is 6.20 Å². The zero-order valence-electron chi connectivity index (χ0n) is 10.6. The van der Waals surface area contributed by atoms with E-state index in [4.69, 9.17) is 10.4 Å². The molecule has 0 saturated heterocycles. The van der Waals surface area contributed by atoms with Crippen LogP contribution in [0.5, 0.6) is 0 Å². The molecule has 0 atom stereocenters. The molecule has 0 saturated carbocycles. The second-order valence-corrected chi connectivity index (χ2v) is 4.04. The standard InChI is InChI=1S/C14H12N4O2/c15-9-11-6-8-17-18-13(11)16-7-5-10-3-1-2-4-12(10)14(19)20/h1-4,6,8H,5,7H2,(H,16,18)(H,19,20). The van der Waals surface area contributed by atoms with E-state index in [-0.39, 0.29) is 5.56 Å². The topological polar surface area (TPSA) is 98.9 Å². The van der Waals surface area contributed by atoms with Crippen molar-refractivity contribution in [2.45, 2.75) is 6.42 Å². The quantitative estimate of drug-likeness (QED) is 0.856. The van der Waals surface area contributed by atoms with Crippen LogP contribution in [0.4, 0.5) is 5.82 Å². The monoisotopic (exact) mass is 268 g/mol. The number of carboxylic acids is 1. The minimum Gasteiger partial charge on any atom is -0.478 e. The molecule has 2 N–H and O–H groups in total. The molecular formula is C14H12N4O2. The summed E-state index contributed by atoms with van der Waals surface area (Å²) in [5, 5.41) is 28.5. The number of carbonyl (C=O) groups is 1. The average Bonchev–Trinajstić information content (AvgIpc) is 2.48. The third-order valence-electron chi connectivity index (χ3n) is 2.78. The molecule has 6 heteroatoms. The number of nitrogens with zero attached hydrogens (tertiary/aromatic N) is 3. The van der Waals surface area contributed by atoms with Gasteiger partial charge in [-0.1, -0.05) is 18.2 Å². The van der Waals surface area contributed by atoms with Crippen LogP contribution in [0.3, 0.4) is 0 Å². The van der Waals surface area contributed by atoms with Crippen molar-refractivity contribution >= 4 is 11.8 Å². The lowest BCUT2D eigenvalue weighted by Gasteiger charge is -2.08. The van der Waals surface area contributed by atoms with Gasteiger partial charge in [0, 0.05) is 6.54 Å². The molecule has 2 rings (SSSR count). The van der Waals surface area contributed by atoms with Gasteiger partial charge in [-0.3, -0.25) is 0 Å². The zero-order chi connectivity index (χ0) is 14.4. The lowest BCUT2D eigenvalue weighted by atomic mass is 10.0. The molecule has 0 unspecified atom stereocenters. The fourth-order valence-electron chi connectivity index (χ4n) is 1.82. The Kier molecular flexibility index (Phi) is 4.24. The summed E-state index contributed by atoms with van der Waals surface area (Å²) in [5.74, 6) is -0.541. The van der Waals surface area contributed by atoms with Crippen LogP contribution < -0.4 is 5.32 Å². The highest BCUT2D eigenvalue weighted by molar-refractivity contribution is 5.89. The van der Waals surface area contributed by atoms with E-state index in [0.29, 0.717) is 24.3 Å². The summed E-state index contributed by atoms with van der Waals surface area (Å²) in [6, 6.07) is 10.4. The average molecular weight is 268 g/mol. The summed E-state index contributed by atoms with van der Waals surface area (Å²) in [6.07, 6.45) is 1.97. The SMILES string of the molecule is N#Cc1ccnnc1NCCc1ccccc1C(=O)O. The van der Waals surface area contributed by atoms with Crippen molar-refractivity contribution in [3.63, 3.8) is 0 Å². The van der Waals surface area contributed by atoms with Crippen molar-refractivity contribution < 1.29 is 9.90 Å². The summed E-state index contributed by atoms with van der Waals surface area (Å²) in [6.45, 7) is 0.470. The predicted molar refractivity (Wildman–Crippen MR) is 72.3 cm³/mol. The lowest BCUT2D eigenvalue weighted by Crippen LogP contribution is -2.11. The van der Waals surface area contributed by atoms with Gasteiger partial charge in [-0.2, -0.15) is 10.4 Å². The molecule has 0 fully saturated rings. The van der Waals surface area contributed by atoms with Crippen molar-refractivity contribution in [2.75, 3.05) is 11.9 Å². The maximum Gasteiger partial charge on any atom is 0.335 e. The highest BCUT2D eigenvalue weighted by atomic mass is 16.4. The largest absolute Gasteiger partial charge is 0.478 e. The van der Waals surface area contributed by atoms with Crippen molar-refractivity contribution in [2.24, 2.45) is 0 Å². The van der Waals surface area contributed by atoms with E-state index < -0.39 is 5.97 Å². The summed E-state index contributed by atoms with van der Waals surface area (Å²) in [4.78, 5) is 11.1. The highest BCUT2D eigenvalue weighted by Gasteiger charge is 2.09. The predicted octanol–water partition coefficient (Wildman–Crippen LogP) is 1.70. The second-order valence-electron chi connectivity index (χ2n) is 4.04. The van der Waals surface area contributed by atoms with E-state index in [1.54, 1.807) is 30.3 Å². The molecule has 0 aliphatic heterocycles. The van der Waals surface area contributed by atoms with E-state index >= 15 is 0 Å². The van der Waals surface area contributed by atoms with Crippen molar-refractivity contribution in [3.05, 3.63) is 53.2 Å². The molecule has 0 bridgehead atoms. The highest BCUT2D eigenvalue weighted by Crippen LogP contribution is 2.11. The lowest BCUT2D eigenvalue weighted by molar-refractivity contribution is 0.0695. The Morgan fingerprint density at radius 3 is 2.90 bits per heavy atom. The third-order valence-corrected chi connectivity index (χ3v) is 2.78. The van der Waals surface area contributed by atoms with Gasteiger partial charge in [-0.05, 0) is 24.1 Å². The number of anilines is 1. The Balaban J connectivity index is 2.04. The molecule has 0 amide bonds. The molecule has 1 aromatic carbocycles. The summed E-state index contributed by atoms with van der Waals surface area (Å²) in [7, 11) is 0. The molecule has 100 valence electrons. The third kappa shape index (κ3) is 3.09. The fourth-order valence-corrected chi connectivity index (χ4v) is 1.82. The molecule has 0 radical (unpaired) electrons. The van der Waals surface area contributed by atoms with Gasteiger partial charge in [0.05, 0.1) is 17.3 Å². The normalized spacial score (nSPS) is 9.75. The van der Waals surface area contributed by atoms with Gasteiger partial charge in [0.15, 0.2) is 5.82 Å². The summed E-state index contributed by atoms with van der Waals surface area (Å²) in [5.41, 5.74) is 1.43. The second kappa shape index (κ2) is 6.29. The number of carboxylic acid groups (broad SMARTS) is 1. The first-order valence-corrected chi connectivity index (χ1v) is 5.99. The van der Waals surface area contributed by atoms with Crippen LogP contribution in [0.2, 0.25) is 0 Å². The van der Waals surface area contributed by atoms with Gasteiger partial charge in [0.2, 0.25) is 0 Å². The Bertz CT molecular complexity index is 664. The molecular weight excluding hydrogens is 256 g/mol. The summed E-state index contributed by atoms with van der Waals surface area (Å²) >= 11 is 0. The first-order chi connectivity index (χ1) is 9.72. The number of hydrogen-bond acceptors (Lipinski definition) is 5. The zero-order valence-corrected chi connectivity index (χ0v) is 10.6. The van der Waals surface area contributed by atoms with Crippen LogP contribution in [0, 0.1) is 11.3 Å². The molecule has 0 spiro atoms. The molecule has 2 aromatic rings. The van der Waals surface area contributed by atoms with Crippen LogP contribution in [-0.2, 0) is 6.42 Å². The van der Waals surface area contributed by atoms with Gasteiger partial charge in [-0.25, -0.2) is 4.79 Å². The first kappa shape index (κ1) is 13.5. The number of aromatic carboxylic acids is 1.